The fourth-order valence-corrected chi connectivity index (χ4v) is 1.88. The Morgan fingerprint density at radius 1 is 1.73 bits per heavy atom. The van der Waals surface area contributed by atoms with Gasteiger partial charge in [-0.1, -0.05) is 0 Å². The molecule has 1 saturated heterocycles. The highest BCUT2D eigenvalue weighted by Gasteiger charge is 2.21. The van der Waals surface area contributed by atoms with E-state index in [1.165, 1.54) is 0 Å². The molecule has 1 fully saturated rings. The summed E-state index contributed by atoms with van der Waals surface area (Å²) >= 11 is 0. The second-order valence-electron chi connectivity index (χ2n) is 4.09. The smallest absolute Gasteiger partial charge is 0.224 e. The Morgan fingerprint density at radius 3 is 3.20 bits per heavy atom. The zero-order valence-corrected chi connectivity index (χ0v) is 8.99. The van der Waals surface area contributed by atoms with E-state index in [2.05, 4.69) is 10.6 Å². The number of carbonyl (C=O) groups excluding carboxylic acids is 1. The predicted molar refractivity (Wildman–Crippen MR) is 58.2 cm³/mol. The lowest BCUT2D eigenvalue weighted by Crippen LogP contribution is -2.31. The number of amides is 1. The summed E-state index contributed by atoms with van der Waals surface area (Å²) in [7, 11) is 1.98. The van der Waals surface area contributed by atoms with Gasteiger partial charge < -0.3 is 15.2 Å². The molecular formula is C11H17N3O. The second-order valence-corrected chi connectivity index (χ2v) is 4.09. The highest BCUT2D eigenvalue weighted by Crippen LogP contribution is 2.07. The van der Waals surface area contributed by atoms with Crippen LogP contribution < -0.4 is 10.6 Å². The molecule has 15 heavy (non-hydrogen) atoms. The average Bonchev–Trinajstić information content (AvgIpc) is 2.84. The molecule has 82 valence electrons. The van der Waals surface area contributed by atoms with Gasteiger partial charge in [-0.15, -0.1) is 0 Å². The van der Waals surface area contributed by atoms with E-state index >= 15 is 0 Å². The summed E-state index contributed by atoms with van der Waals surface area (Å²) in [6.07, 6.45) is 4.96. The van der Waals surface area contributed by atoms with E-state index in [0.717, 1.165) is 25.1 Å². The molecule has 1 aliphatic rings. The summed E-state index contributed by atoms with van der Waals surface area (Å²) < 4.78 is 1.98. The van der Waals surface area contributed by atoms with Gasteiger partial charge in [0.15, 0.2) is 0 Å². The summed E-state index contributed by atoms with van der Waals surface area (Å²) in [4.78, 5) is 11.7. The van der Waals surface area contributed by atoms with Crippen molar-refractivity contribution in [3.8, 4) is 0 Å². The maximum Gasteiger partial charge on any atom is 0.224 e. The van der Waals surface area contributed by atoms with Gasteiger partial charge >= 0.3 is 0 Å². The van der Waals surface area contributed by atoms with E-state index in [1.54, 1.807) is 0 Å². The van der Waals surface area contributed by atoms with Gasteiger partial charge in [0.05, 0.1) is 5.92 Å². The van der Waals surface area contributed by atoms with Gasteiger partial charge in [0.1, 0.15) is 0 Å². The van der Waals surface area contributed by atoms with Crippen LogP contribution in [-0.4, -0.2) is 23.6 Å². The number of nitrogens with zero attached hydrogens (tertiary/aromatic N) is 1. The van der Waals surface area contributed by atoms with Crippen molar-refractivity contribution in [1.29, 1.82) is 0 Å². The molecule has 0 spiro atoms. The molecule has 2 rings (SSSR count). The first-order valence-corrected chi connectivity index (χ1v) is 5.35. The maximum atomic E-state index is 11.7. The number of carbonyl (C=O) groups is 1. The summed E-state index contributed by atoms with van der Waals surface area (Å²) in [6, 6.07) is 2.02. The first-order valence-electron chi connectivity index (χ1n) is 5.35. The molecule has 0 bridgehead atoms. The van der Waals surface area contributed by atoms with Gasteiger partial charge in [-0.05, 0) is 24.6 Å². The topological polar surface area (TPSA) is 46.1 Å². The van der Waals surface area contributed by atoms with E-state index in [9.17, 15) is 4.79 Å². The molecular weight excluding hydrogens is 190 g/mol. The molecule has 4 heteroatoms. The molecule has 2 heterocycles. The third kappa shape index (κ3) is 2.59. The molecule has 4 nitrogen and oxygen atoms in total. The van der Waals surface area contributed by atoms with Gasteiger partial charge in [-0.3, -0.25) is 4.79 Å². The largest absolute Gasteiger partial charge is 0.357 e. The molecule has 1 amide bonds. The van der Waals surface area contributed by atoms with Crippen LogP contribution in [0.2, 0.25) is 0 Å². The summed E-state index contributed by atoms with van der Waals surface area (Å²) in [6.45, 7) is 2.42. The van der Waals surface area contributed by atoms with Crippen LogP contribution in [0.5, 0.6) is 0 Å². The minimum absolute atomic E-state index is 0.161. The Labute approximate surface area is 89.7 Å². The normalized spacial score (nSPS) is 20.5. The van der Waals surface area contributed by atoms with E-state index in [-0.39, 0.29) is 11.8 Å². The monoisotopic (exact) mass is 207 g/mol. The Balaban J connectivity index is 1.80. The number of rotatable bonds is 3. The summed E-state index contributed by atoms with van der Waals surface area (Å²) in [5.41, 5.74) is 1.15. The minimum Gasteiger partial charge on any atom is -0.357 e. The fourth-order valence-electron chi connectivity index (χ4n) is 1.88. The van der Waals surface area contributed by atoms with Crippen molar-refractivity contribution in [2.24, 2.45) is 13.0 Å². The van der Waals surface area contributed by atoms with Crippen LogP contribution in [0.3, 0.4) is 0 Å². The molecule has 0 radical (unpaired) electrons. The molecule has 0 aromatic carbocycles. The Morgan fingerprint density at radius 2 is 2.60 bits per heavy atom. The number of nitrogens with one attached hydrogen (secondary N) is 2. The number of aromatic nitrogens is 1. The molecule has 0 saturated carbocycles. The van der Waals surface area contributed by atoms with Gasteiger partial charge in [-0.2, -0.15) is 0 Å². The third-order valence-electron chi connectivity index (χ3n) is 2.79. The van der Waals surface area contributed by atoms with Crippen LogP contribution in [0.1, 0.15) is 12.0 Å². The summed E-state index contributed by atoms with van der Waals surface area (Å²) in [5, 5.41) is 6.15. The Bertz CT molecular complexity index is 339. The van der Waals surface area contributed by atoms with Crippen molar-refractivity contribution >= 4 is 5.91 Å². The van der Waals surface area contributed by atoms with Crippen molar-refractivity contribution in [3.63, 3.8) is 0 Å². The average molecular weight is 207 g/mol. The zero-order valence-electron chi connectivity index (χ0n) is 8.99. The zero-order chi connectivity index (χ0) is 10.7. The van der Waals surface area contributed by atoms with Gasteiger partial charge in [0.2, 0.25) is 5.91 Å². The van der Waals surface area contributed by atoms with Gasteiger partial charge in [0, 0.05) is 32.5 Å². The highest BCUT2D eigenvalue weighted by atomic mass is 16.1. The lowest BCUT2D eigenvalue weighted by Gasteiger charge is -2.08. The SMILES string of the molecule is Cn1ccc(CNC(=O)C2CCNC2)c1. The number of hydrogen-bond donors (Lipinski definition) is 2. The number of aryl methyl sites for hydroxylation is 1. The lowest BCUT2D eigenvalue weighted by molar-refractivity contribution is -0.124. The van der Waals surface area contributed by atoms with Crippen LogP contribution in [0.25, 0.3) is 0 Å². The van der Waals surface area contributed by atoms with Crippen LogP contribution >= 0.6 is 0 Å². The van der Waals surface area contributed by atoms with Crippen molar-refractivity contribution in [2.45, 2.75) is 13.0 Å². The Hall–Kier alpha value is -1.29. The molecule has 2 N–H and O–H groups in total. The molecule has 1 aromatic rings. The van der Waals surface area contributed by atoms with Gasteiger partial charge in [0.25, 0.3) is 0 Å². The molecule has 1 unspecified atom stereocenters. The minimum atomic E-state index is 0.161. The van der Waals surface area contributed by atoms with Crippen LogP contribution in [0.15, 0.2) is 18.5 Å². The molecule has 1 atom stereocenters. The summed E-state index contributed by atoms with van der Waals surface area (Å²) in [5.74, 6) is 0.331. The Kier molecular flexibility index (Phi) is 3.06. The number of hydrogen-bond acceptors (Lipinski definition) is 2. The van der Waals surface area contributed by atoms with Gasteiger partial charge in [-0.25, -0.2) is 0 Å². The fraction of sp³-hybridized carbons (Fsp3) is 0.545. The highest BCUT2D eigenvalue weighted by molar-refractivity contribution is 5.79. The van der Waals surface area contributed by atoms with Crippen LogP contribution in [-0.2, 0) is 18.4 Å². The molecule has 1 aromatic heterocycles. The maximum absolute atomic E-state index is 11.7. The van der Waals surface area contributed by atoms with E-state index in [4.69, 9.17) is 0 Å². The lowest BCUT2D eigenvalue weighted by atomic mass is 10.1. The second kappa shape index (κ2) is 4.49. The van der Waals surface area contributed by atoms with E-state index in [0.29, 0.717) is 6.54 Å². The van der Waals surface area contributed by atoms with Crippen molar-refractivity contribution < 1.29 is 4.79 Å². The van der Waals surface area contributed by atoms with E-state index in [1.807, 2.05) is 30.1 Å². The van der Waals surface area contributed by atoms with Crippen molar-refractivity contribution in [1.82, 2.24) is 15.2 Å². The van der Waals surface area contributed by atoms with Crippen LogP contribution in [0, 0.1) is 5.92 Å². The molecule has 1 aliphatic heterocycles. The molecule has 0 aliphatic carbocycles. The van der Waals surface area contributed by atoms with Crippen molar-refractivity contribution in [3.05, 3.63) is 24.0 Å². The first kappa shape index (κ1) is 10.2. The predicted octanol–water partition coefficient (Wildman–Crippen LogP) is 0.251. The van der Waals surface area contributed by atoms with Crippen LogP contribution in [0.4, 0.5) is 0 Å². The standard InChI is InChI=1S/C11H17N3O/c1-14-5-3-9(8-14)6-13-11(15)10-2-4-12-7-10/h3,5,8,10,12H,2,4,6-7H2,1H3,(H,13,15). The third-order valence-corrected chi connectivity index (χ3v) is 2.79. The quantitative estimate of drug-likeness (QED) is 0.746. The van der Waals surface area contributed by atoms with E-state index < -0.39 is 0 Å². The first-order chi connectivity index (χ1) is 7.25. The van der Waals surface area contributed by atoms with Crippen molar-refractivity contribution in [2.75, 3.05) is 13.1 Å².